The lowest BCUT2D eigenvalue weighted by molar-refractivity contribution is -0.142. The Kier molecular flexibility index (Phi) is 8.41. The highest BCUT2D eigenvalue weighted by molar-refractivity contribution is 6.10. The van der Waals surface area contributed by atoms with Gasteiger partial charge >= 0.3 is 5.97 Å². The largest absolute Gasteiger partial charge is 0.465 e. The molecule has 0 atom stereocenters. The smallest absolute Gasteiger partial charge is 0.326 e. The summed E-state index contributed by atoms with van der Waals surface area (Å²) in [7, 11) is 1.86. The van der Waals surface area contributed by atoms with Crippen molar-refractivity contribution in [3.05, 3.63) is 65.4 Å². The molecule has 0 unspecified atom stereocenters. The number of aromatic nitrogens is 1. The monoisotopic (exact) mass is 476 g/mol. The SMILES string of the molecule is CCCCC(=O)N(CC(=O)OCC)c1ccc2c(c1)c(C(=O)Cc1ccc(C(=N)N)cc1)cn2C. The van der Waals surface area contributed by atoms with Crippen LogP contribution in [0.4, 0.5) is 5.69 Å². The molecule has 8 nitrogen and oxygen atoms in total. The molecule has 1 heterocycles. The summed E-state index contributed by atoms with van der Waals surface area (Å²) in [6.45, 7) is 3.79. The van der Waals surface area contributed by atoms with E-state index < -0.39 is 5.97 Å². The second kappa shape index (κ2) is 11.5. The fourth-order valence-corrected chi connectivity index (χ4v) is 3.98. The van der Waals surface area contributed by atoms with Gasteiger partial charge in [-0.1, -0.05) is 37.6 Å². The summed E-state index contributed by atoms with van der Waals surface area (Å²) in [5, 5.41) is 8.23. The number of ketones is 1. The summed E-state index contributed by atoms with van der Waals surface area (Å²) in [6, 6.07) is 12.5. The summed E-state index contributed by atoms with van der Waals surface area (Å²) in [5.41, 5.74) is 8.87. The molecule has 0 radical (unpaired) electrons. The van der Waals surface area contributed by atoms with E-state index in [4.69, 9.17) is 15.9 Å². The van der Waals surface area contributed by atoms with Gasteiger partial charge in [0.25, 0.3) is 0 Å². The molecule has 0 aliphatic heterocycles. The number of nitrogen functional groups attached to an aromatic ring is 1. The molecule has 35 heavy (non-hydrogen) atoms. The highest BCUT2D eigenvalue weighted by atomic mass is 16.5. The third kappa shape index (κ3) is 6.15. The molecule has 3 aromatic rings. The van der Waals surface area contributed by atoms with Crippen LogP contribution in [0.15, 0.2) is 48.7 Å². The summed E-state index contributed by atoms with van der Waals surface area (Å²) < 4.78 is 6.95. The average molecular weight is 477 g/mol. The third-order valence-electron chi connectivity index (χ3n) is 5.85. The maximum Gasteiger partial charge on any atom is 0.326 e. The lowest BCUT2D eigenvalue weighted by Crippen LogP contribution is -2.36. The second-order valence-corrected chi connectivity index (χ2v) is 8.45. The van der Waals surface area contributed by atoms with E-state index in [2.05, 4.69) is 0 Å². The predicted octanol–water partition coefficient (Wildman–Crippen LogP) is 3.97. The number of benzene rings is 2. The highest BCUT2D eigenvalue weighted by Crippen LogP contribution is 2.28. The van der Waals surface area contributed by atoms with Crippen molar-refractivity contribution in [2.75, 3.05) is 18.1 Å². The van der Waals surface area contributed by atoms with Crippen LogP contribution in [0.3, 0.4) is 0 Å². The van der Waals surface area contributed by atoms with Gasteiger partial charge in [-0.25, -0.2) is 0 Å². The molecule has 0 bridgehead atoms. The minimum absolute atomic E-state index is 0.0229. The van der Waals surface area contributed by atoms with E-state index >= 15 is 0 Å². The minimum atomic E-state index is -0.476. The molecule has 0 aliphatic rings. The van der Waals surface area contributed by atoms with Gasteiger partial charge in [-0.3, -0.25) is 19.8 Å². The van der Waals surface area contributed by atoms with Crippen molar-refractivity contribution >= 4 is 40.1 Å². The van der Waals surface area contributed by atoms with E-state index in [1.807, 2.05) is 24.6 Å². The number of ether oxygens (including phenoxy) is 1. The Morgan fingerprint density at radius 3 is 2.43 bits per heavy atom. The summed E-state index contributed by atoms with van der Waals surface area (Å²) in [6.07, 6.45) is 3.88. The number of carbonyl (C=O) groups is 3. The van der Waals surface area contributed by atoms with Crippen LogP contribution in [-0.2, 0) is 27.8 Å². The van der Waals surface area contributed by atoms with Gasteiger partial charge in [0.15, 0.2) is 5.78 Å². The number of fused-ring (bicyclic) bond motifs is 1. The number of amidine groups is 1. The lowest BCUT2D eigenvalue weighted by atomic mass is 10.0. The Balaban J connectivity index is 1.94. The molecule has 184 valence electrons. The quantitative estimate of drug-likeness (QED) is 0.188. The normalized spacial score (nSPS) is 10.8. The number of aryl methyl sites for hydroxylation is 1. The highest BCUT2D eigenvalue weighted by Gasteiger charge is 2.22. The maximum atomic E-state index is 13.2. The van der Waals surface area contributed by atoms with E-state index in [-0.39, 0.29) is 37.1 Å². The van der Waals surface area contributed by atoms with Gasteiger partial charge in [0.05, 0.1) is 6.61 Å². The number of Topliss-reactive ketones (excluding diaryl/α,β-unsaturated/α-hetero) is 1. The molecule has 0 saturated heterocycles. The van der Waals surface area contributed by atoms with Gasteiger partial charge in [0.2, 0.25) is 5.91 Å². The molecular weight excluding hydrogens is 444 g/mol. The van der Waals surface area contributed by atoms with E-state index in [0.717, 1.165) is 23.9 Å². The molecule has 0 saturated carbocycles. The van der Waals surface area contributed by atoms with Gasteiger partial charge in [0.1, 0.15) is 12.4 Å². The molecular formula is C27H32N4O4. The van der Waals surface area contributed by atoms with E-state index in [0.29, 0.717) is 28.6 Å². The van der Waals surface area contributed by atoms with Gasteiger partial charge < -0.3 is 19.9 Å². The third-order valence-corrected chi connectivity index (χ3v) is 5.85. The Morgan fingerprint density at radius 2 is 1.80 bits per heavy atom. The van der Waals surface area contributed by atoms with E-state index in [1.54, 1.807) is 49.5 Å². The summed E-state index contributed by atoms with van der Waals surface area (Å²) in [4.78, 5) is 39.8. The van der Waals surface area contributed by atoms with E-state index in [1.165, 1.54) is 4.90 Å². The number of hydrogen-bond acceptors (Lipinski definition) is 5. The average Bonchev–Trinajstić information content (AvgIpc) is 3.17. The van der Waals surface area contributed by atoms with Crippen molar-refractivity contribution in [3.63, 3.8) is 0 Å². The zero-order valence-electron chi connectivity index (χ0n) is 20.5. The van der Waals surface area contributed by atoms with Crippen molar-refractivity contribution < 1.29 is 19.1 Å². The van der Waals surface area contributed by atoms with Crippen molar-refractivity contribution in [2.24, 2.45) is 12.8 Å². The maximum absolute atomic E-state index is 13.2. The van der Waals surface area contributed by atoms with Crippen molar-refractivity contribution in [1.82, 2.24) is 4.57 Å². The number of nitrogens with zero attached hydrogens (tertiary/aromatic N) is 2. The van der Waals surface area contributed by atoms with E-state index in [9.17, 15) is 14.4 Å². The Morgan fingerprint density at radius 1 is 1.09 bits per heavy atom. The summed E-state index contributed by atoms with van der Waals surface area (Å²) >= 11 is 0. The van der Waals surface area contributed by atoms with Crippen LogP contribution in [0.2, 0.25) is 0 Å². The zero-order chi connectivity index (χ0) is 25.5. The minimum Gasteiger partial charge on any atom is -0.465 e. The first-order chi connectivity index (χ1) is 16.7. The van der Waals surface area contributed by atoms with Gasteiger partial charge in [-0.2, -0.15) is 0 Å². The number of hydrogen-bond donors (Lipinski definition) is 2. The van der Waals surface area contributed by atoms with Gasteiger partial charge in [-0.05, 0) is 37.1 Å². The van der Waals surface area contributed by atoms with Crippen LogP contribution in [-0.4, -0.2) is 41.2 Å². The van der Waals surface area contributed by atoms with Crippen molar-refractivity contribution in [1.29, 1.82) is 5.41 Å². The molecule has 8 heteroatoms. The number of unbranched alkanes of at least 4 members (excludes halogenated alkanes) is 1. The number of rotatable bonds is 11. The molecule has 0 aliphatic carbocycles. The molecule has 3 rings (SSSR count). The number of nitrogens with two attached hydrogens (primary N) is 1. The fourth-order valence-electron chi connectivity index (χ4n) is 3.98. The molecule has 3 N–H and O–H groups in total. The topological polar surface area (TPSA) is 118 Å². The van der Waals surface area contributed by atoms with Crippen LogP contribution in [0.1, 0.15) is 54.6 Å². The van der Waals surface area contributed by atoms with Gasteiger partial charge in [-0.15, -0.1) is 0 Å². The zero-order valence-corrected chi connectivity index (χ0v) is 20.5. The van der Waals surface area contributed by atoms with Crippen LogP contribution in [0.25, 0.3) is 10.9 Å². The first-order valence-electron chi connectivity index (χ1n) is 11.8. The summed E-state index contributed by atoms with van der Waals surface area (Å²) in [5.74, 6) is -0.729. The number of esters is 1. The molecule has 0 spiro atoms. The number of amides is 1. The first-order valence-corrected chi connectivity index (χ1v) is 11.8. The first kappa shape index (κ1) is 25.7. The Hall–Kier alpha value is -3.94. The molecule has 2 aromatic carbocycles. The van der Waals surface area contributed by atoms with Gasteiger partial charge in [0, 0.05) is 53.8 Å². The lowest BCUT2D eigenvalue weighted by Gasteiger charge is -2.22. The fraction of sp³-hybridized carbons (Fsp3) is 0.333. The number of anilines is 1. The Bertz CT molecular complexity index is 1240. The van der Waals surface area contributed by atoms with Crippen molar-refractivity contribution in [2.45, 2.75) is 39.5 Å². The predicted molar refractivity (Wildman–Crippen MR) is 137 cm³/mol. The van der Waals surface area contributed by atoms with Crippen LogP contribution in [0, 0.1) is 5.41 Å². The van der Waals surface area contributed by atoms with Crippen LogP contribution < -0.4 is 10.6 Å². The number of nitrogens with one attached hydrogen (secondary N) is 1. The molecule has 1 aromatic heterocycles. The molecule has 1 amide bonds. The molecule has 0 fully saturated rings. The van der Waals surface area contributed by atoms with Crippen molar-refractivity contribution in [3.8, 4) is 0 Å². The Labute approximate surface area is 205 Å². The second-order valence-electron chi connectivity index (χ2n) is 8.45. The van der Waals surface area contributed by atoms with Crippen LogP contribution >= 0.6 is 0 Å². The van der Waals surface area contributed by atoms with Crippen LogP contribution in [0.5, 0.6) is 0 Å². The number of carbonyl (C=O) groups excluding carboxylic acids is 3. The standard InChI is InChI=1S/C27H32N4O4/c1-4-6-7-25(33)31(17-26(34)35-5-2)20-12-13-23-21(15-20)22(16-30(23)3)24(32)14-18-8-10-19(11-9-18)27(28)29/h8-13,15-16H,4-7,14,17H2,1-3H3,(H3,28,29).